The highest BCUT2D eigenvalue weighted by atomic mass is 16.1. The van der Waals surface area contributed by atoms with Crippen LogP contribution in [0, 0.1) is 5.92 Å². The van der Waals surface area contributed by atoms with Crippen LogP contribution in [0.2, 0.25) is 0 Å². The fraction of sp³-hybridized carbons (Fsp3) is 0.737. The molecule has 1 N–H and O–H groups in total. The van der Waals surface area contributed by atoms with Gasteiger partial charge in [-0.05, 0) is 25.8 Å². The number of unbranched alkanes of at least 4 members (excludes halogenated alkanes) is 8. The van der Waals surface area contributed by atoms with Gasteiger partial charge in [0.1, 0.15) is 0 Å². The first kappa shape index (κ1) is 19.9. The number of amides is 1. The first-order chi connectivity index (χ1) is 10.1. The van der Waals surface area contributed by atoms with Gasteiger partial charge in [-0.2, -0.15) is 0 Å². The summed E-state index contributed by atoms with van der Waals surface area (Å²) in [5.41, 5.74) is 1.22. The third-order valence-corrected chi connectivity index (χ3v) is 3.62. The molecular weight excluding hydrogens is 258 g/mol. The van der Waals surface area contributed by atoms with Gasteiger partial charge in [-0.3, -0.25) is 4.79 Å². The number of nitrogens with one attached hydrogen (secondary N) is 1. The smallest absolute Gasteiger partial charge is 0.226 e. The molecule has 0 bridgehead atoms. The first-order valence-electron chi connectivity index (χ1n) is 8.71. The van der Waals surface area contributed by atoms with Crippen molar-refractivity contribution in [3.05, 3.63) is 23.9 Å². The summed E-state index contributed by atoms with van der Waals surface area (Å²) in [4.78, 5) is 11.4. The van der Waals surface area contributed by atoms with E-state index in [0.717, 1.165) is 6.42 Å². The van der Waals surface area contributed by atoms with Crippen molar-refractivity contribution in [3.8, 4) is 0 Å². The lowest BCUT2D eigenvalue weighted by Gasteiger charge is -2.02. The Morgan fingerprint density at radius 3 is 2.14 bits per heavy atom. The molecule has 2 nitrogen and oxygen atoms in total. The molecule has 0 unspecified atom stereocenters. The Hall–Kier alpha value is -1.05. The van der Waals surface area contributed by atoms with Crippen LogP contribution in [0.5, 0.6) is 0 Å². The second kappa shape index (κ2) is 13.9. The molecule has 0 aliphatic rings. The largest absolute Gasteiger partial charge is 0.332 e. The Morgan fingerprint density at radius 1 is 1.00 bits per heavy atom. The summed E-state index contributed by atoms with van der Waals surface area (Å²) in [6.07, 6.45) is 18.0. The van der Waals surface area contributed by atoms with Crippen molar-refractivity contribution in [2.24, 2.45) is 5.92 Å². The highest BCUT2D eigenvalue weighted by Crippen LogP contribution is 2.10. The van der Waals surface area contributed by atoms with E-state index in [2.05, 4.69) is 25.2 Å². The zero-order valence-corrected chi connectivity index (χ0v) is 14.6. The lowest BCUT2D eigenvalue weighted by molar-refractivity contribution is -0.123. The van der Waals surface area contributed by atoms with Crippen molar-refractivity contribution >= 4 is 5.91 Å². The van der Waals surface area contributed by atoms with Gasteiger partial charge in [0, 0.05) is 12.1 Å². The summed E-state index contributed by atoms with van der Waals surface area (Å²) < 4.78 is 0. The molecule has 0 heterocycles. The minimum atomic E-state index is 0.0382. The molecule has 2 heteroatoms. The first-order valence-corrected chi connectivity index (χ1v) is 8.71. The van der Waals surface area contributed by atoms with Gasteiger partial charge in [-0.25, -0.2) is 0 Å². The molecule has 122 valence electrons. The normalized spacial score (nSPS) is 12.3. The fourth-order valence-corrected chi connectivity index (χ4v) is 2.10. The van der Waals surface area contributed by atoms with Crippen LogP contribution in [0.25, 0.3) is 0 Å². The molecule has 0 saturated carbocycles. The Morgan fingerprint density at radius 2 is 1.57 bits per heavy atom. The number of allylic oxidation sites excluding steroid dienone is 3. The topological polar surface area (TPSA) is 29.1 Å². The van der Waals surface area contributed by atoms with Crippen LogP contribution in [0.3, 0.4) is 0 Å². The molecule has 0 radical (unpaired) electrons. The average molecular weight is 293 g/mol. The van der Waals surface area contributed by atoms with E-state index in [1.165, 1.54) is 56.9 Å². The SMILES string of the molecule is CCCCCCCCCC/C=C(C)/C=C/NC(=O)C(C)C. The van der Waals surface area contributed by atoms with Crippen molar-refractivity contribution < 1.29 is 4.79 Å². The standard InChI is InChI=1S/C19H35NO/c1-5-6-7-8-9-10-11-12-13-14-18(4)15-16-20-19(21)17(2)3/h14-17H,5-13H2,1-4H3,(H,20,21)/b16-15+,18-14+. The van der Waals surface area contributed by atoms with Gasteiger partial charge in [-0.15, -0.1) is 0 Å². The summed E-state index contributed by atoms with van der Waals surface area (Å²) in [7, 11) is 0. The predicted octanol–water partition coefficient (Wildman–Crippen LogP) is 5.75. The molecule has 21 heavy (non-hydrogen) atoms. The number of hydrogen-bond acceptors (Lipinski definition) is 1. The zero-order chi connectivity index (χ0) is 15.9. The Bertz CT molecular complexity index is 316. The molecule has 0 fully saturated rings. The average Bonchev–Trinajstić information content (AvgIpc) is 2.45. The van der Waals surface area contributed by atoms with Crippen LogP contribution in [-0.2, 0) is 4.79 Å². The highest BCUT2D eigenvalue weighted by molar-refractivity contribution is 5.78. The number of hydrogen-bond donors (Lipinski definition) is 1. The van der Waals surface area contributed by atoms with Gasteiger partial charge >= 0.3 is 0 Å². The van der Waals surface area contributed by atoms with E-state index >= 15 is 0 Å². The number of carbonyl (C=O) groups is 1. The van der Waals surface area contributed by atoms with E-state index in [0.29, 0.717) is 0 Å². The van der Waals surface area contributed by atoms with E-state index in [1.807, 2.05) is 19.9 Å². The molecule has 0 spiro atoms. The van der Waals surface area contributed by atoms with Crippen LogP contribution >= 0.6 is 0 Å². The van der Waals surface area contributed by atoms with E-state index in [1.54, 1.807) is 6.20 Å². The van der Waals surface area contributed by atoms with Crippen LogP contribution in [0.1, 0.15) is 85.5 Å². The van der Waals surface area contributed by atoms with Gasteiger partial charge in [0.15, 0.2) is 0 Å². The van der Waals surface area contributed by atoms with Gasteiger partial charge in [0.25, 0.3) is 0 Å². The third-order valence-electron chi connectivity index (χ3n) is 3.62. The molecule has 0 aliphatic heterocycles. The Balaban J connectivity index is 3.55. The second-order valence-corrected chi connectivity index (χ2v) is 6.21. The van der Waals surface area contributed by atoms with Gasteiger partial charge in [-0.1, -0.05) is 77.4 Å². The lowest BCUT2D eigenvalue weighted by Crippen LogP contribution is -2.22. The van der Waals surface area contributed by atoms with E-state index in [-0.39, 0.29) is 11.8 Å². The molecule has 0 aromatic rings. The maximum absolute atomic E-state index is 11.4. The van der Waals surface area contributed by atoms with Crippen LogP contribution < -0.4 is 5.32 Å². The van der Waals surface area contributed by atoms with E-state index < -0.39 is 0 Å². The van der Waals surface area contributed by atoms with Crippen molar-refractivity contribution in [3.63, 3.8) is 0 Å². The summed E-state index contributed by atoms with van der Waals surface area (Å²) in [6, 6.07) is 0. The third kappa shape index (κ3) is 13.7. The summed E-state index contributed by atoms with van der Waals surface area (Å²) in [5.74, 6) is 0.110. The summed E-state index contributed by atoms with van der Waals surface area (Å²) in [6.45, 7) is 8.14. The number of carbonyl (C=O) groups excluding carboxylic acids is 1. The Kier molecular flexibility index (Phi) is 13.2. The minimum absolute atomic E-state index is 0.0382. The fourth-order valence-electron chi connectivity index (χ4n) is 2.10. The minimum Gasteiger partial charge on any atom is -0.332 e. The molecule has 0 aromatic carbocycles. The molecule has 0 aliphatic carbocycles. The van der Waals surface area contributed by atoms with E-state index in [4.69, 9.17) is 0 Å². The summed E-state index contributed by atoms with van der Waals surface area (Å²) >= 11 is 0. The van der Waals surface area contributed by atoms with Crippen molar-refractivity contribution in [2.75, 3.05) is 0 Å². The maximum Gasteiger partial charge on any atom is 0.226 e. The molecule has 0 aromatic heterocycles. The van der Waals surface area contributed by atoms with Crippen LogP contribution in [-0.4, -0.2) is 5.91 Å². The van der Waals surface area contributed by atoms with Crippen LogP contribution in [0.4, 0.5) is 0 Å². The molecule has 0 rings (SSSR count). The monoisotopic (exact) mass is 293 g/mol. The van der Waals surface area contributed by atoms with Gasteiger partial charge < -0.3 is 5.32 Å². The van der Waals surface area contributed by atoms with E-state index in [9.17, 15) is 4.79 Å². The number of rotatable bonds is 12. The van der Waals surface area contributed by atoms with Gasteiger partial charge in [0.05, 0.1) is 0 Å². The molecule has 1 amide bonds. The van der Waals surface area contributed by atoms with Crippen molar-refractivity contribution in [1.82, 2.24) is 5.32 Å². The quantitative estimate of drug-likeness (QED) is 0.360. The highest BCUT2D eigenvalue weighted by Gasteiger charge is 2.02. The summed E-state index contributed by atoms with van der Waals surface area (Å²) in [5, 5.41) is 2.79. The molecular formula is C19H35NO. The zero-order valence-electron chi connectivity index (χ0n) is 14.6. The van der Waals surface area contributed by atoms with Gasteiger partial charge in [0.2, 0.25) is 5.91 Å². The molecule has 0 saturated heterocycles. The maximum atomic E-state index is 11.4. The molecule has 0 atom stereocenters. The lowest BCUT2D eigenvalue weighted by atomic mass is 10.1. The van der Waals surface area contributed by atoms with Crippen molar-refractivity contribution in [1.29, 1.82) is 0 Å². The Labute approximate surface area is 132 Å². The van der Waals surface area contributed by atoms with Crippen LogP contribution in [0.15, 0.2) is 23.9 Å². The van der Waals surface area contributed by atoms with Crippen molar-refractivity contribution in [2.45, 2.75) is 85.5 Å². The predicted molar refractivity (Wildman–Crippen MR) is 93.1 cm³/mol. The second-order valence-electron chi connectivity index (χ2n) is 6.21.